The van der Waals surface area contributed by atoms with Crippen molar-refractivity contribution >= 4 is 16.7 Å². The van der Waals surface area contributed by atoms with Crippen LogP contribution in [-0.2, 0) is 11.0 Å². The Kier molecular flexibility index (Phi) is 3.26. The van der Waals surface area contributed by atoms with Crippen LogP contribution in [-0.4, -0.2) is 8.96 Å². The van der Waals surface area contributed by atoms with Gasteiger partial charge in [0.1, 0.15) is 16.8 Å². The minimum absolute atomic E-state index is 0.294. The van der Waals surface area contributed by atoms with Gasteiger partial charge in [-0.25, -0.2) is 8.60 Å². The van der Waals surface area contributed by atoms with Gasteiger partial charge in [-0.15, -0.1) is 0 Å². The van der Waals surface area contributed by atoms with E-state index >= 15 is 0 Å². The van der Waals surface area contributed by atoms with Gasteiger partial charge in [0.2, 0.25) is 0 Å². The highest BCUT2D eigenvalue weighted by Gasteiger charge is 2.19. The molecule has 1 atom stereocenters. The Morgan fingerprint density at radius 1 is 1.21 bits per heavy atom. The predicted molar refractivity (Wildman–Crippen MR) is 57.9 cm³/mol. The summed E-state index contributed by atoms with van der Waals surface area (Å²) in [4.78, 5) is 0. The Morgan fingerprint density at radius 3 is 2.14 bits per heavy atom. The fourth-order valence-electron chi connectivity index (χ4n) is 0.778. The lowest BCUT2D eigenvalue weighted by atomic mass is 10.3. The maximum absolute atomic E-state index is 12.6. The van der Waals surface area contributed by atoms with E-state index < -0.39 is 11.0 Å². The van der Waals surface area contributed by atoms with E-state index in [1.54, 1.807) is 12.1 Å². The smallest absolute Gasteiger partial charge is 0.123 e. The summed E-state index contributed by atoms with van der Waals surface area (Å²) in [5, 5.41) is 0. The van der Waals surface area contributed by atoms with Crippen molar-refractivity contribution in [3.8, 4) is 0 Å². The lowest BCUT2D eigenvalue weighted by Gasteiger charge is -2.18. The molecule has 0 aromatic heterocycles. The first-order valence-electron chi connectivity index (χ1n) is 4.34. The van der Waals surface area contributed by atoms with Gasteiger partial charge in [-0.05, 0) is 45.0 Å². The molecule has 1 N–H and O–H groups in total. The molecule has 0 aliphatic rings. The molecule has 0 spiro atoms. The molecule has 1 rings (SSSR count). The molecular weight excluding hydrogens is 201 g/mol. The van der Waals surface area contributed by atoms with E-state index in [-0.39, 0.29) is 10.6 Å². The van der Waals surface area contributed by atoms with Crippen LogP contribution in [0, 0.1) is 5.82 Å². The highest BCUT2D eigenvalue weighted by molar-refractivity contribution is 7.87. The Bertz CT molecular complexity index is 329. The molecule has 14 heavy (non-hydrogen) atoms. The zero-order valence-corrected chi connectivity index (χ0v) is 9.32. The van der Waals surface area contributed by atoms with Crippen LogP contribution < -0.4 is 4.72 Å². The summed E-state index contributed by atoms with van der Waals surface area (Å²) >= 11 is 0. The van der Waals surface area contributed by atoms with Crippen molar-refractivity contribution < 1.29 is 8.60 Å². The van der Waals surface area contributed by atoms with Gasteiger partial charge in [0.15, 0.2) is 0 Å². The van der Waals surface area contributed by atoms with Gasteiger partial charge in [0.25, 0.3) is 0 Å². The molecule has 0 saturated carbocycles. The normalized spacial score (nSPS) is 13.7. The Hall–Kier alpha value is -0.900. The third-order valence-corrected chi connectivity index (χ3v) is 3.14. The van der Waals surface area contributed by atoms with Crippen LogP contribution >= 0.6 is 0 Å². The summed E-state index contributed by atoms with van der Waals surface area (Å²) in [6.45, 7) is 5.62. The third kappa shape index (κ3) is 3.10. The largest absolute Gasteiger partial charge is 0.305 e. The first-order chi connectivity index (χ1) is 6.39. The average molecular weight is 215 g/mol. The van der Waals surface area contributed by atoms with Crippen molar-refractivity contribution in [1.29, 1.82) is 0 Å². The third-order valence-electron chi connectivity index (χ3n) is 1.61. The molecule has 78 valence electrons. The lowest BCUT2D eigenvalue weighted by molar-refractivity contribution is 0.628. The minimum atomic E-state index is -1.17. The lowest BCUT2D eigenvalue weighted by Crippen LogP contribution is -2.27. The molecule has 0 heterocycles. The van der Waals surface area contributed by atoms with Crippen molar-refractivity contribution in [2.75, 3.05) is 4.72 Å². The first kappa shape index (κ1) is 11.2. The number of halogens is 1. The van der Waals surface area contributed by atoms with Crippen molar-refractivity contribution in [3.63, 3.8) is 0 Å². The van der Waals surface area contributed by atoms with E-state index in [2.05, 4.69) is 4.72 Å². The fourth-order valence-corrected chi connectivity index (χ4v) is 1.43. The van der Waals surface area contributed by atoms with Crippen molar-refractivity contribution in [3.05, 3.63) is 30.1 Å². The van der Waals surface area contributed by atoms with Crippen LogP contribution in [0.2, 0.25) is 0 Å². The number of nitrogens with one attached hydrogen (secondary N) is 1. The highest BCUT2D eigenvalue weighted by Crippen LogP contribution is 2.15. The summed E-state index contributed by atoms with van der Waals surface area (Å²) in [7, 11) is -1.17. The summed E-state index contributed by atoms with van der Waals surface area (Å²) in [5.41, 5.74) is 0.666. The van der Waals surface area contributed by atoms with Crippen LogP contribution in [0.15, 0.2) is 24.3 Å². The van der Waals surface area contributed by atoms with Crippen LogP contribution in [0.25, 0.3) is 0 Å². The molecule has 1 aromatic carbocycles. The highest BCUT2D eigenvalue weighted by atomic mass is 32.2. The quantitative estimate of drug-likeness (QED) is 0.807. The topological polar surface area (TPSA) is 29.1 Å². The van der Waals surface area contributed by atoms with E-state index in [1.165, 1.54) is 12.1 Å². The molecule has 0 fully saturated rings. The monoisotopic (exact) mass is 215 g/mol. The summed E-state index contributed by atoms with van der Waals surface area (Å²) < 4.78 is 26.7. The Morgan fingerprint density at radius 2 is 1.71 bits per heavy atom. The molecule has 0 amide bonds. The van der Waals surface area contributed by atoms with Gasteiger partial charge in [0.05, 0.1) is 4.75 Å². The van der Waals surface area contributed by atoms with Crippen LogP contribution in [0.4, 0.5) is 10.1 Å². The van der Waals surface area contributed by atoms with Crippen molar-refractivity contribution in [2.24, 2.45) is 0 Å². The molecule has 0 radical (unpaired) electrons. The molecule has 0 bridgehead atoms. The van der Waals surface area contributed by atoms with E-state index in [4.69, 9.17) is 0 Å². The van der Waals surface area contributed by atoms with Gasteiger partial charge in [-0.1, -0.05) is 0 Å². The Balaban J connectivity index is 2.71. The second-order valence-corrected chi connectivity index (χ2v) is 5.96. The first-order valence-corrected chi connectivity index (χ1v) is 5.49. The standard InChI is InChI=1S/C10H14FNOS/c1-10(2,3)14(13)12-9-6-4-8(11)5-7-9/h4-7,12H,1-3H3. The Labute approximate surface area is 86.1 Å². The SMILES string of the molecule is CC(C)(C)S(=O)Nc1ccc(F)cc1. The summed E-state index contributed by atoms with van der Waals surface area (Å²) in [6.07, 6.45) is 0. The molecule has 1 unspecified atom stereocenters. The van der Waals surface area contributed by atoms with Gasteiger partial charge in [-0.2, -0.15) is 0 Å². The van der Waals surface area contributed by atoms with Crippen molar-refractivity contribution in [2.45, 2.75) is 25.5 Å². The van der Waals surface area contributed by atoms with E-state index in [9.17, 15) is 8.60 Å². The number of hydrogen-bond acceptors (Lipinski definition) is 1. The number of anilines is 1. The second kappa shape index (κ2) is 4.09. The second-order valence-electron chi connectivity index (χ2n) is 3.99. The summed E-state index contributed by atoms with van der Waals surface area (Å²) in [6, 6.07) is 5.81. The minimum Gasteiger partial charge on any atom is -0.305 e. The molecule has 1 aromatic rings. The zero-order valence-electron chi connectivity index (χ0n) is 8.50. The van der Waals surface area contributed by atoms with Gasteiger partial charge < -0.3 is 4.72 Å². The maximum atomic E-state index is 12.6. The molecule has 0 saturated heterocycles. The van der Waals surface area contributed by atoms with Crippen molar-refractivity contribution in [1.82, 2.24) is 0 Å². The molecule has 0 aliphatic heterocycles. The number of rotatable bonds is 2. The zero-order chi connectivity index (χ0) is 10.8. The van der Waals surface area contributed by atoms with Crippen LogP contribution in [0.5, 0.6) is 0 Å². The van der Waals surface area contributed by atoms with E-state index in [1.807, 2.05) is 20.8 Å². The molecule has 4 heteroatoms. The summed E-state index contributed by atoms with van der Waals surface area (Å²) in [5.74, 6) is -0.294. The number of hydrogen-bond donors (Lipinski definition) is 1. The van der Waals surface area contributed by atoms with E-state index in [0.717, 1.165) is 0 Å². The predicted octanol–water partition coefficient (Wildman–Crippen LogP) is 2.70. The maximum Gasteiger partial charge on any atom is 0.123 e. The van der Waals surface area contributed by atoms with Crippen LogP contribution in [0.3, 0.4) is 0 Å². The molecule has 2 nitrogen and oxygen atoms in total. The van der Waals surface area contributed by atoms with Gasteiger partial charge >= 0.3 is 0 Å². The molecular formula is C10H14FNOS. The van der Waals surface area contributed by atoms with Gasteiger partial charge in [0, 0.05) is 5.69 Å². The average Bonchev–Trinajstić information content (AvgIpc) is 2.07. The van der Waals surface area contributed by atoms with Gasteiger partial charge in [-0.3, -0.25) is 0 Å². The molecule has 0 aliphatic carbocycles. The van der Waals surface area contributed by atoms with Crippen LogP contribution in [0.1, 0.15) is 20.8 Å². The fraction of sp³-hybridized carbons (Fsp3) is 0.400. The number of benzene rings is 1. The van der Waals surface area contributed by atoms with E-state index in [0.29, 0.717) is 5.69 Å².